The third-order valence-electron chi connectivity index (χ3n) is 5.72. The third-order valence-corrected chi connectivity index (χ3v) is 8.60. The molecule has 4 rings (SSSR count). The monoisotopic (exact) mass is 557 g/mol. The van der Waals surface area contributed by atoms with Crippen LogP contribution in [0, 0.1) is 0 Å². The molecular weight excluding hydrogens is 530 g/mol. The Labute approximate surface area is 224 Å². The number of amides is 1. The Kier molecular flexibility index (Phi) is 8.45. The van der Waals surface area contributed by atoms with E-state index in [9.17, 15) is 18.0 Å². The maximum absolute atomic E-state index is 13.1. The molecule has 0 bridgehead atoms. The van der Waals surface area contributed by atoms with Crippen LogP contribution in [0.25, 0.3) is 10.2 Å². The Morgan fingerprint density at radius 2 is 1.74 bits per heavy atom. The number of aromatic nitrogens is 1. The lowest BCUT2D eigenvalue weighted by Crippen LogP contribution is -2.31. The highest BCUT2D eigenvalue weighted by Crippen LogP contribution is 2.35. The van der Waals surface area contributed by atoms with E-state index in [0.717, 1.165) is 10.2 Å². The molecule has 0 saturated heterocycles. The number of carbonyl (C=O) groups excluding carboxylic acids is 2. The molecule has 0 atom stereocenters. The number of ether oxygens (including phenoxy) is 3. The molecule has 1 amide bonds. The minimum atomic E-state index is -3.80. The zero-order valence-corrected chi connectivity index (χ0v) is 22.4. The van der Waals surface area contributed by atoms with Crippen molar-refractivity contribution in [1.82, 2.24) is 8.87 Å². The van der Waals surface area contributed by atoms with Gasteiger partial charge in [0.25, 0.3) is 5.91 Å². The average molecular weight is 558 g/mol. The van der Waals surface area contributed by atoms with Gasteiger partial charge in [-0.05, 0) is 24.3 Å². The first-order chi connectivity index (χ1) is 18.3. The van der Waals surface area contributed by atoms with Crippen molar-refractivity contribution in [2.75, 3.05) is 33.4 Å². The van der Waals surface area contributed by atoms with Crippen LogP contribution in [0.2, 0.25) is 0 Å². The lowest BCUT2D eigenvalue weighted by molar-refractivity contribution is -0.140. The number of benzene rings is 2. The third kappa shape index (κ3) is 5.72. The Balaban J connectivity index is 1.70. The molecule has 38 heavy (non-hydrogen) atoms. The lowest BCUT2D eigenvalue weighted by atomic mass is 10.2. The highest BCUT2D eigenvalue weighted by atomic mass is 32.2. The molecular formula is C26H27N3O7S2. The van der Waals surface area contributed by atoms with Gasteiger partial charge in [0.2, 0.25) is 10.0 Å². The van der Waals surface area contributed by atoms with Crippen molar-refractivity contribution in [3.63, 3.8) is 0 Å². The minimum absolute atomic E-state index is 0.0401. The molecule has 0 N–H and O–H groups in total. The maximum Gasteiger partial charge on any atom is 0.307 e. The van der Waals surface area contributed by atoms with E-state index >= 15 is 0 Å². The summed E-state index contributed by atoms with van der Waals surface area (Å²) >= 11 is 1.27. The van der Waals surface area contributed by atoms with Crippen molar-refractivity contribution in [2.45, 2.75) is 17.9 Å². The molecule has 12 heteroatoms. The second-order valence-electron chi connectivity index (χ2n) is 8.17. The number of nitrogens with zero attached hydrogens (tertiary/aromatic N) is 3. The SMILES string of the molecule is C=CCN(CC=C)S(=O)(=O)c1ccc(C(=O)N=c2sc3cc4c(cc3n2CCC(=O)OC)OCCO4)cc1. The van der Waals surface area contributed by atoms with Crippen LogP contribution in [-0.2, 0) is 26.1 Å². The van der Waals surface area contributed by atoms with Crippen LogP contribution in [0.5, 0.6) is 11.5 Å². The number of methoxy groups -OCH3 is 1. The summed E-state index contributed by atoms with van der Waals surface area (Å²) in [5.74, 6) is 0.218. The van der Waals surface area contributed by atoms with E-state index in [1.807, 2.05) is 6.07 Å². The summed E-state index contributed by atoms with van der Waals surface area (Å²) < 4.78 is 45.8. The van der Waals surface area contributed by atoms with E-state index in [1.165, 1.54) is 59.2 Å². The molecule has 1 aromatic heterocycles. The Morgan fingerprint density at radius 3 is 2.34 bits per heavy atom. The standard InChI is InChI=1S/C26H27N3O7S2/c1-4-11-28(12-5-2)38(32,33)19-8-6-18(7-9-19)25(31)27-26-29(13-10-24(30)34-3)20-16-21-22(17-23(20)37-26)36-15-14-35-21/h4-9,16-17H,1-2,10-15H2,3H3. The zero-order chi connectivity index (χ0) is 27.3. The number of hydrogen-bond acceptors (Lipinski definition) is 8. The van der Waals surface area contributed by atoms with Gasteiger partial charge in [-0.3, -0.25) is 9.59 Å². The van der Waals surface area contributed by atoms with Crippen LogP contribution in [0.3, 0.4) is 0 Å². The van der Waals surface area contributed by atoms with Gasteiger partial charge in [0.15, 0.2) is 16.3 Å². The summed E-state index contributed by atoms with van der Waals surface area (Å²) in [7, 11) is -2.49. The van der Waals surface area contributed by atoms with Crippen LogP contribution >= 0.6 is 11.3 Å². The molecule has 0 spiro atoms. The van der Waals surface area contributed by atoms with E-state index in [0.29, 0.717) is 29.5 Å². The number of aryl methyl sites for hydroxylation is 1. The lowest BCUT2D eigenvalue weighted by Gasteiger charge is -2.19. The van der Waals surface area contributed by atoms with E-state index < -0.39 is 21.9 Å². The summed E-state index contributed by atoms with van der Waals surface area (Å²) in [4.78, 5) is 29.6. The van der Waals surface area contributed by atoms with Crippen molar-refractivity contribution >= 4 is 43.5 Å². The summed E-state index contributed by atoms with van der Waals surface area (Å²) in [5.41, 5.74) is 0.951. The van der Waals surface area contributed by atoms with Crippen LogP contribution in [-0.4, -0.2) is 62.6 Å². The number of hydrogen-bond donors (Lipinski definition) is 0. The van der Waals surface area contributed by atoms with E-state index in [-0.39, 0.29) is 36.5 Å². The van der Waals surface area contributed by atoms with Crippen LogP contribution in [0.1, 0.15) is 16.8 Å². The van der Waals surface area contributed by atoms with Gasteiger partial charge in [0.1, 0.15) is 13.2 Å². The molecule has 2 aromatic carbocycles. The van der Waals surface area contributed by atoms with Crippen molar-refractivity contribution in [3.05, 3.63) is 72.1 Å². The van der Waals surface area contributed by atoms with Crippen molar-refractivity contribution in [3.8, 4) is 11.5 Å². The van der Waals surface area contributed by atoms with Gasteiger partial charge in [-0.2, -0.15) is 9.30 Å². The fourth-order valence-corrected chi connectivity index (χ4v) is 6.29. The molecule has 0 unspecified atom stereocenters. The highest BCUT2D eigenvalue weighted by Gasteiger charge is 2.23. The molecule has 200 valence electrons. The van der Waals surface area contributed by atoms with Crippen molar-refractivity contribution in [2.24, 2.45) is 4.99 Å². The first-order valence-corrected chi connectivity index (χ1v) is 13.9. The number of esters is 1. The quantitative estimate of drug-likeness (QED) is 0.278. The molecule has 0 fully saturated rings. The molecule has 0 aliphatic carbocycles. The van der Waals surface area contributed by atoms with E-state index in [2.05, 4.69) is 18.2 Å². The minimum Gasteiger partial charge on any atom is -0.486 e. The fraction of sp³-hybridized carbons (Fsp3) is 0.269. The number of fused-ring (bicyclic) bond motifs is 2. The second kappa shape index (κ2) is 11.8. The van der Waals surface area contributed by atoms with Crippen LogP contribution < -0.4 is 14.3 Å². The smallest absolute Gasteiger partial charge is 0.307 e. The molecule has 2 heterocycles. The van der Waals surface area contributed by atoms with Gasteiger partial charge in [-0.15, -0.1) is 13.2 Å². The van der Waals surface area contributed by atoms with Gasteiger partial charge in [-0.1, -0.05) is 23.5 Å². The number of sulfonamides is 1. The first-order valence-electron chi connectivity index (χ1n) is 11.7. The highest BCUT2D eigenvalue weighted by molar-refractivity contribution is 7.89. The Morgan fingerprint density at radius 1 is 1.11 bits per heavy atom. The van der Waals surface area contributed by atoms with E-state index in [4.69, 9.17) is 14.2 Å². The zero-order valence-electron chi connectivity index (χ0n) is 20.8. The average Bonchev–Trinajstić information content (AvgIpc) is 3.25. The van der Waals surface area contributed by atoms with Gasteiger partial charge >= 0.3 is 5.97 Å². The maximum atomic E-state index is 13.1. The largest absolute Gasteiger partial charge is 0.486 e. The summed E-state index contributed by atoms with van der Waals surface area (Å²) in [6.45, 7) is 8.55. The second-order valence-corrected chi connectivity index (χ2v) is 11.1. The Hall–Kier alpha value is -3.74. The molecule has 1 aliphatic rings. The molecule has 1 aliphatic heterocycles. The predicted octanol–water partition coefficient (Wildman–Crippen LogP) is 3.14. The Bertz CT molecular complexity index is 1540. The van der Waals surface area contributed by atoms with E-state index in [1.54, 1.807) is 10.6 Å². The van der Waals surface area contributed by atoms with Gasteiger partial charge in [-0.25, -0.2) is 8.42 Å². The summed E-state index contributed by atoms with van der Waals surface area (Å²) in [6, 6.07) is 9.21. The predicted molar refractivity (Wildman–Crippen MR) is 143 cm³/mol. The molecule has 10 nitrogen and oxygen atoms in total. The number of rotatable bonds is 10. The van der Waals surface area contributed by atoms with Gasteiger partial charge < -0.3 is 18.8 Å². The number of carbonyl (C=O) groups is 2. The number of thiazole rings is 1. The molecule has 0 saturated carbocycles. The van der Waals surface area contributed by atoms with Crippen molar-refractivity contribution < 1.29 is 32.2 Å². The summed E-state index contributed by atoms with van der Waals surface area (Å²) in [6.07, 6.45) is 3.07. The normalized spacial score (nSPS) is 13.5. The van der Waals surface area contributed by atoms with Crippen LogP contribution in [0.15, 0.2) is 71.6 Å². The van der Waals surface area contributed by atoms with Gasteiger partial charge in [0, 0.05) is 37.3 Å². The van der Waals surface area contributed by atoms with Crippen molar-refractivity contribution in [1.29, 1.82) is 0 Å². The fourth-order valence-electron chi connectivity index (χ4n) is 3.84. The van der Waals surface area contributed by atoms with Gasteiger partial charge in [0.05, 0.1) is 28.6 Å². The molecule has 0 radical (unpaired) electrons. The topological polar surface area (TPSA) is 117 Å². The van der Waals surface area contributed by atoms with Crippen LogP contribution in [0.4, 0.5) is 0 Å². The first kappa shape index (κ1) is 27.3. The summed E-state index contributed by atoms with van der Waals surface area (Å²) in [5, 5.41) is 0. The molecule has 3 aromatic rings.